The van der Waals surface area contributed by atoms with Crippen molar-refractivity contribution in [1.82, 2.24) is 5.32 Å². The quantitative estimate of drug-likeness (QED) is 0.641. The molecule has 1 fully saturated rings. The highest BCUT2D eigenvalue weighted by Gasteiger charge is 2.27. The van der Waals surface area contributed by atoms with Gasteiger partial charge in [-0.25, -0.2) is 0 Å². The van der Waals surface area contributed by atoms with E-state index < -0.39 is 12.0 Å². The maximum absolute atomic E-state index is 11.4. The van der Waals surface area contributed by atoms with E-state index in [0.717, 1.165) is 25.7 Å². The summed E-state index contributed by atoms with van der Waals surface area (Å²) in [5.41, 5.74) is 5.53. The summed E-state index contributed by atoms with van der Waals surface area (Å²) in [4.78, 5) is 11.4. The van der Waals surface area contributed by atoms with Gasteiger partial charge in [-0.15, -0.1) is 0 Å². The molecule has 0 bridgehead atoms. The Balaban J connectivity index is 2.29. The van der Waals surface area contributed by atoms with Gasteiger partial charge in [-0.3, -0.25) is 4.79 Å². The smallest absolute Gasteiger partial charge is 0.325 e. The molecule has 0 saturated heterocycles. The van der Waals surface area contributed by atoms with Gasteiger partial charge in [0.1, 0.15) is 12.1 Å². The third-order valence-corrected chi connectivity index (χ3v) is 3.09. The summed E-state index contributed by atoms with van der Waals surface area (Å²) in [5.74, 6) is -0.496. The van der Waals surface area contributed by atoms with Crippen molar-refractivity contribution in [2.45, 2.75) is 70.2 Å². The number of aliphatic hydroxyl groups is 1. The highest BCUT2D eigenvalue weighted by molar-refractivity contribution is 5.75. The van der Waals surface area contributed by atoms with Gasteiger partial charge < -0.3 is 20.9 Å². The second kappa shape index (κ2) is 6.50. The van der Waals surface area contributed by atoms with E-state index >= 15 is 0 Å². The van der Waals surface area contributed by atoms with Gasteiger partial charge in [-0.2, -0.15) is 0 Å². The topological polar surface area (TPSA) is 84.6 Å². The molecule has 0 aromatic carbocycles. The molecule has 0 amide bonds. The molecule has 1 rings (SSSR count). The Labute approximate surface area is 109 Å². The molecular formula is C13H26N2O3. The molecule has 106 valence electrons. The Kier molecular flexibility index (Phi) is 5.56. The summed E-state index contributed by atoms with van der Waals surface area (Å²) in [6.45, 7) is 6.10. The van der Waals surface area contributed by atoms with Crippen molar-refractivity contribution >= 4 is 5.97 Å². The van der Waals surface area contributed by atoms with Gasteiger partial charge in [0.15, 0.2) is 0 Å². The first-order valence-electron chi connectivity index (χ1n) is 6.66. The van der Waals surface area contributed by atoms with E-state index in [0.29, 0.717) is 6.04 Å². The van der Waals surface area contributed by atoms with Crippen LogP contribution in [0.15, 0.2) is 0 Å². The number of esters is 1. The Morgan fingerprint density at radius 1 is 1.39 bits per heavy atom. The molecule has 4 N–H and O–H groups in total. The van der Waals surface area contributed by atoms with Gasteiger partial charge in [-0.1, -0.05) is 0 Å². The molecule has 0 aromatic rings. The number of hydrogen-bond donors (Lipinski definition) is 3. The summed E-state index contributed by atoms with van der Waals surface area (Å²) in [6, 6.07) is -0.415. The number of ether oxygens (including phenoxy) is 1. The van der Waals surface area contributed by atoms with Crippen molar-refractivity contribution in [1.29, 1.82) is 0 Å². The molecule has 0 radical (unpaired) electrons. The molecule has 1 aliphatic rings. The Bertz CT molecular complexity index is 268. The van der Waals surface area contributed by atoms with Crippen LogP contribution in [0.1, 0.15) is 46.5 Å². The Hall–Kier alpha value is -0.650. The van der Waals surface area contributed by atoms with Gasteiger partial charge in [0.25, 0.3) is 0 Å². The fraction of sp³-hybridized carbons (Fsp3) is 0.923. The Morgan fingerprint density at radius 3 is 2.39 bits per heavy atom. The average Bonchev–Trinajstić information content (AvgIpc) is 2.28. The average molecular weight is 258 g/mol. The number of nitrogens with two attached hydrogens (primary N) is 1. The fourth-order valence-electron chi connectivity index (χ4n) is 2.26. The molecule has 0 spiro atoms. The second-order valence-corrected chi connectivity index (χ2v) is 6.09. The van der Waals surface area contributed by atoms with Gasteiger partial charge in [-0.05, 0) is 46.5 Å². The van der Waals surface area contributed by atoms with Crippen LogP contribution in [0.3, 0.4) is 0 Å². The van der Waals surface area contributed by atoms with Crippen LogP contribution in [-0.2, 0) is 9.53 Å². The third kappa shape index (κ3) is 5.33. The van der Waals surface area contributed by atoms with E-state index in [-0.39, 0.29) is 18.2 Å². The van der Waals surface area contributed by atoms with E-state index in [1.54, 1.807) is 0 Å². The molecule has 1 saturated carbocycles. The monoisotopic (exact) mass is 258 g/mol. The zero-order valence-electron chi connectivity index (χ0n) is 11.6. The third-order valence-electron chi connectivity index (χ3n) is 3.09. The molecule has 5 heteroatoms. The van der Waals surface area contributed by atoms with Crippen molar-refractivity contribution in [2.75, 3.05) is 6.61 Å². The molecular weight excluding hydrogens is 232 g/mol. The molecule has 1 atom stereocenters. The first kappa shape index (κ1) is 15.4. The van der Waals surface area contributed by atoms with Crippen LogP contribution >= 0.6 is 0 Å². The van der Waals surface area contributed by atoms with Gasteiger partial charge in [0.2, 0.25) is 0 Å². The van der Waals surface area contributed by atoms with Crippen LogP contribution in [0.25, 0.3) is 0 Å². The maximum atomic E-state index is 11.4. The normalized spacial score (nSPS) is 26.7. The first-order valence-corrected chi connectivity index (χ1v) is 6.66. The zero-order valence-corrected chi connectivity index (χ0v) is 11.6. The van der Waals surface area contributed by atoms with E-state index in [2.05, 4.69) is 26.1 Å². The SMILES string of the molecule is CC(C)(C)N[C@H]1CC[C@H](OC(=O)[C@@H](N)CO)CC1. The standard InChI is InChI=1S/C13H26N2O3/c1-13(2,3)15-9-4-6-10(7-5-9)18-12(17)11(14)8-16/h9-11,15-16H,4-8,14H2,1-3H3/t9-,10-,11-/m0/s1. The van der Waals surface area contributed by atoms with Gasteiger partial charge in [0, 0.05) is 11.6 Å². The maximum Gasteiger partial charge on any atom is 0.325 e. The summed E-state index contributed by atoms with van der Waals surface area (Å²) in [7, 11) is 0. The highest BCUT2D eigenvalue weighted by Crippen LogP contribution is 2.23. The lowest BCUT2D eigenvalue weighted by Gasteiger charge is -2.34. The minimum atomic E-state index is -0.907. The molecule has 0 heterocycles. The van der Waals surface area contributed by atoms with Crippen molar-refractivity contribution in [3.63, 3.8) is 0 Å². The van der Waals surface area contributed by atoms with Crippen molar-refractivity contribution < 1.29 is 14.6 Å². The summed E-state index contributed by atoms with van der Waals surface area (Å²) in [5, 5.41) is 12.3. The van der Waals surface area contributed by atoms with E-state index in [1.165, 1.54) is 0 Å². The lowest BCUT2D eigenvalue weighted by molar-refractivity contribution is -0.153. The van der Waals surface area contributed by atoms with Crippen LogP contribution in [0.2, 0.25) is 0 Å². The van der Waals surface area contributed by atoms with Crippen LogP contribution in [0, 0.1) is 0 Å². The van der Waals surface area contributed by atoms with E-state index in [4.69, 9.17) is 15.6 Å². The molecule has 18 heavy (non-hydrogen) atoms. The van der Waals surface area contributed by atoms with Gasteiger partial charge in [0.05, 0.1) is 6.61 Å². The summed E-state index contributed by atoms with van der Waals surface area (Å²) < 4.78 is 5.27. The van der Waals surface area contributed by atoms with Gasteiger partial charge >= 0.3 is 5.97 Å². The zero-order chi connectivity index (χ0) is 13.8. The number of aliphatic hydroxyl groups excluding tert-OH is 1. The number of carbonyl (C=O) groups is 1. The fourth-order valence-corrected chi connectivity index (χ4v) is 2.26. The molecule has 0 aromatic heterocycles. The predicted octanol–water partition coefficient (Wildman–Crippen LogP) is 0.549. The van der Waals surface area contributed by atoms with Crippen LogP contribution in [-0.4, -0.2) is 41.4 Å². The molecule has 5 nitrogen and oxygen atoms in total. The van der Waals surface area contributed by atoms with Crippen molar-refractivity contribution in [2.24, 2.45) is 5.73 Å². The number of rotatable bonds is 4. The van der Waals surface area contributed by atoms with Crippen LogP contribution < -0.4 is 11.1 Å². The summed E-state index contributed by atoms with van der Waals surface area (Å²) in [6.07, 6.45) is 3.68. The largest absolute Gasteiger partial charge is 0.461 e. The molecule has 1 aliphatic carbocycles. The lowest BCUT2D eigenvalue weighted by Crippen LogP contribution is -2.46. The minimum Gasteiger partial charge on any atom is -0.461 e. The number of nitrogens with one attached hydrogen (secondary N) is 1. The number of carbonyl (C=O) groups excluding carboxylic acids is 1. The lowest BCUT2D eigenvalue weighted by atomic mass is 9.91. The Morgan fingerprint density at radius 2 is 1.94 bits per heavy atom. The number of hydrogen-bond acceptors (Lipinski definition) is 5. The van der Waals surface area contributed by atoms with Crippen LogP contribution in [0.5, 0.6) is 0 Å². The predicted molar refractivity (Wildman–Crippen MR) is 70.1 cm³/mol. The molecule has 0 unspecified atom stereocenters. The molecule has 0 aliphatic heterocycles. The second-order valence-electron chi connectivity index (χ2n) is 6.09. The highest BCUT2D eigenvalue weighted by atomic mass is 16.5. The van der Waals surface area contributed by atoms with Crippen molar-refractivity contribution in [3.8, 4) is 0 Å². The summed E-state index contributed by atoms with van der Waals surface area (Å²) >= 11 is 0. The van der Waals surface area contributed by atoms with E-state index in [9.17, 15) is 4.79 Å². The van der Waals surface area contributed by atoms with Crippen LogP contribution in [0.4, 0.5) is 0 Å². The minimum absolute atomic E-state index is 0.0480. The van der Waals surface area contributed by atoms with E-state index in [1.807, 2.05) is 0 Å². The van der Waals surface area contributed by atoms with Crippen molar-refractivity contribution in [3.05, 3.63) is 0 Å². The first-order chi connectivity index (χ1) is 8.31.